The maximum absolute atomic E-state index is 3.57. The Kier molecular flexibility index (Phi) is 1.54. The molecule has 2 aliphatic heterocycles. The molecule has 54 valence electrons. The Morgan fingerprint density at radius 3 is 3.40 bits per heavy atom. The van der Waals surface area contributed by atoms with Crippen LogP contribution in [0.25, 0.3) is 0 Å². The maximum Gasteiger partial charge on any atom is 0.0702 e. The van der Waals surface area contributed by atoms with Crippen LogP contribution in [0.2, 0.25) is 0 Å². The number of alkyl halides is 1. The smallest absolute Gasteiger partial charge is 0.0702 e. The van der Waals surface area contributed by atoms with Crippen molar-refractivity contribution in [2.24, 2.45) is 0 Å². The molecule has 0 bridgehead atoms. The number of nitrogens with zero attached hydrogens (tertiary/aromatic N) is 1. The van der Waals surface area contributed by atoms with Crippen molar-refractivity contribution < 1.29 is 0 Å². The fraction of sp³-hybridized carbons (Fsp3) is 0.429. The molecule has 1 saturated heterocycles. The number of fused-ring (bicyclic) bond motifs is 1. The van der Waals surface area contributed by atoms with Crippen molar-refractivity contribution in [2.75, 3.05) is 6.54 Å². The van der Waals surface area contributed by atoms with E-state index in [1.165, 1.54) is 5.70 Å². The molecule has 0 radical (unpaired) electrons. The zero-order chi connectivity index (χ0) is 6.97. The molecule has 10 heavy (non-hydrogen) atoms. The number of nitrogens with one attached hydrogen (secondary N) is 1. The van der Waals surface area contributed by atoms with Gasteiger partial charge in [0.25, 0.3) is 0 Å². The van der Waals surface area contributed by atoms with Gasteiger partial charge in [0.1, 0.15) is 0 Å². The van der Waals surface area contributed by atoms with Crippen molar-refractivity contribution in [1.29, 1.82) is 0 Å². The summed E-state index contributed by atoms with van der Waals surface area (Å²) in [6, 6.07) is 0. The fourth-order valence-corrected chi connectivity index (χ4v) is 1.80. The van der Waals surface area contributed by atoms with Crippen LogP contribution in [0.15, 0.2) is 24.0 Å². The first kappa shape index (κ1) is 6.43. The molecule has 0 spiro atoms. The SMILES string of the molecule is BrC1CNN2C=CCC=C12. The van der Waals surface area contributed by atoms with E-state index < -0.39 is 0 Å². The summed E-state index contributed by atoms with van der Waals surface area (Å²) < 4.78 is 0. The van der Waals surface area contributed by atoms with Gasteiger partial charge in [0, 0.05) is 18.4 Å². The van der Waals surface area contributed by atoms with Gasteiger partial charge in [0.15, 0.2) is 0 Å². The highest BCUT2D eigenvalue weighted by atomic mass is 79.9. The van der Waals surface area contributed by atoms with Crippen molar-refractivity contribution >= 4 is 15.9 Å². The Morgan fingerprint density at radius 1 is 1.70 bits per heavy atom. The van der Waals surface area contributed by atoms with Gasteiger partial charge in [-0.15, -0.1) is 0 Å². The van der Waals surface area contributed by atoms with Gasteiger partial charge in [-0.1, -0.05) is 28.1 Å². The van der Waals surface area contributed by atoms with Gasteiger partial charge in [0.05, 0.1) is 4.83 Å². The van der Waals surface area contributed by atoms with Crippen molar-refractivity contribution in [1.82, 2.24) is 10.4 Å². The van der Waals surface area contributed by atoms with Gasteiger partial charge in [0.2, 0.25) is 0 Å². The first-order chi connectivity index (χ1) is 4.88. The van der Waals surface area contributed by atoms with Crippen LogP contribution in [0.4, 0.5) is 0 Å². The van der Waals surface area contributed by atoms with E-state index in [0.717, 1.165) is 13.0 Å². The number of allylic oxidation sites excluding steroid dienone is 2. The van der Waals surface area contributed by atoms with Crippen LogP contribution in [-0.2, 0) is 0 Å². The van der Waals surface area contributed by atoms with Crippen LogP contribution in [0.5, 0.6) is 0 Å². The molecule has 2 rings (SSSR count). The number of rotatable bonds is 0. The zero-order valence-electron chi connectivity index (χ0n) is 5.55. The molecular formula is C7H9BrN2. The summed E-state index contributed by atoms with van der Waals surface area (Å²) in [5, 5.41) is 2.07. The van der Waals surface area contributed by atoms with Gasteiger partial charge in [-0.3, -0.25) is 5.01 Å². The van der Waals surface area contributed by atoms with Gasteiger partial charge in [-0.2, -0.15) is 0 Å². The second-order valence-corrected chi connectivity index (χ2v) is 3.55. The van der Waals surface area contributed by atoms with Crippen LogP contribution in [0, 0.1) is 0 Å². The first-order valence-corrected chi connectivity index (χ1v) is 4.33. The number of hydrogen-bond donors (Lipinski definition) is 1. The van der Waals surface area contributed by atoms with Crippen LogP contribution >= 0.6 is 15.9 Å². The summed E-state index contributed by atoms with van der Waals surface area (Å²) in [5.41, 5.74) is 4.59. The van der Waals surface area contributed by atoms with E-state index in [2.05, 4.69) is 44.7 Å². The maximum atomic E-state index is 3.57. The fourth-order valence-electron chi connectivity index (χ4n) is 1.25. The molecule has 0 saturated carbocycles. The zero-order valence-corrected chi connectivity index (χ0v) is 7.13. The molecule has 1 unspecified atom stereocenters. The summed E-state index contributed by atoms with van der Waals surface area (Å²) >= 11 is 3.57. The molecule has 1 fully saturated rings. The van der Waals surface area contributed by atoms with Gasteiger partial charge < -0.3 is 0 Å². The molecule has 3 heteroatoms. The molecule has 0 aromatic rings. The van der Waals surface area contributed by atoms with Gasteiger partial charge in [-0.25, -0.2) is 5.43 Å². The summed E-state index contributed by atoms with van der Waals surface area (Å²) in [4.78, 5) is 0.498. The van der Waals surface area contributed by atoms with Crippen LogP contribution in [0.3, 0.4) is 0 Å². The summed E-state index contributed by atoms with van der Waals surface area (Å²) in [6.45, 7) is 0.996. The first-order valence-electron chi connectivity index (χ1n) is 3.41. The number of hydrazine groups is 1. The molecule has 1 atom stereocenters. The lowest BCUT2D eigenvalue weighted by atomic mass is 10.2. The van der Waals surface area contributed by atoms with E-state index in [4.69, 9.17) is 0 Å². The molecule has 1 N–H and O–H groups in total. The largest absolute Gasteiger partial charge is 0.288 e. The molecule has 2 heterocycles. The Labute approximate surface area is 68.7 Å². The third kappa shape index (κ3) is 0.896. The van der Waals surface area contributed by atoms with E-state index in [9.17, 15) is 0 Å². The molecule has 0 aromatic carbocycles. The van der Waals surface area contributed by atoms with Crippen molar-refractivity contribution in [3.05, 3.63) is 24.0 Å². The van der Waals surface area contributed by atoms with Crippen LogP contribution < -0.4 is 5.43 Å². The van der Waals surface area contributed by atoms with Crippen molar-refractivity contribution in [2.45, 2.75) is 11.2 Å². The Hall–Kier alpha value is -0.280. The highest BCUT2D eigenvalue weighted by molar-refractivity contribution is 9.09. The third-order valence-corrected chi connectivity index (χ3v) is 2.55. The monoisotopic (exact) mass is 200 g/mol. The number of halogens is 1. The second kappa shape index (κ2) is 2.40. The van der Waals surface area contributed by atoms with Crippen molar-refractivity contribution in [3.63, 3.8) is 0 Å². The van der Waals surface area contributed by atoms with E-state index >= 15 is 0 Å². The topological polar surface area (TPSA) is 15.3 Å². The lowest BCUT2D eigenvalue weighted by Gasteiger charge is -2.17. The summed E-state index contributed by atoms with van der Waals surface area (Å²) in [7, 11) is 0. The van der Waals surface area contributed by atoms with E-state index in [0.29, 0.717) is 4.83 Å². The number of hydrogen-bond acceptors (Lipinski definition) is 2. The molecular weight excluding hydrogens is 192 g/mol. The van der Waals surface area contributed by atoms with E-state index in [1.54, 1.807) is 0 Å². The Morgan fingerprint density at radius 2 is 2.60 bits per heavy atom. The average molecular weight is 201 g/mol. The minimum absolute atomic E-state index is 0.498. The van der Waals surface area contributed by atoms with Gasteiger partial charge in [-0.05, 0) is 6.42 Å². The molecule has 2 nitrogen and oxygen atoms in total. The van der Waals surface area contributed by atoms with Gasteiger partial charge >= 0.3 is 0 Å². The Bertz CT molecular complexity index is 198. The summed E-state index contributed by atoms with van der Waals surface area (Å²) in [5.74, 6) is 0. The lowest BCUT2D eigenvalue weighted by molar-refractivity contribution is 0.402. The normalized spacial score (nSPS) is 30.3. The molecule has 0 aromatic heterocycles. The highest BCUT2D eigenvalue weighted by Gasteiger charge is 2.24. The second-order valence-electron chi connectivity index (χ2n) is 2.45. The highest BCUT2D eigenvalue weighted by Crippen LogP contribution is 2.24. The molecule has 2 aliphatic rings. The predicted molar refractivity (Wildman–Crippen MR) is 44.4 cm³/mol. The summed E-state index contributed by atoms with van der Waals surface area (Å²) in [6.07, 6.45) is 7.52. The average Bonchev–Trinajstić information content (AvgIpc) is 2.34. The van der Waals surface area contributed by atoms with Crippen LogP contribution in [0.1, 0.15) is 6.42 Å². The predicted octanol–water partition coefficient (Wildman–Crippen LogP) is 1.37. The minimum Gasteiger partial charge on any atom is -0.288 e. The van der Waals surface area contributed by atoms with Crippen LogP contribution in [-0.4, -0.2) is 16.4 Å². The third-order valence-electron chi connectivity index (χ3n) is 1.76. The Balaban J connectivity index is 2.24. The van der Waals surface area contributed by atoms with Crippen molar-refractivity contribution in [3.8, 4) is 0 Å². The minimum atomic E-state index is 0.498. The lowest BCUT2D eigenvalue weighted by Crippen LogP contribution is -2.24. The van der Waals surface area contributed by atoms with E-state index in [-0.39, 0.29) is 0 Å². The quantitative estimate of drug-likeness (QED) is 0.595. The van der Waals surface area contributed by atoms with E-state index in [1.807, 2.05) is 0 Å². The standard InChI is InChI=1S/C7H9BrN2/c8-6-5-9-10-4-2-1-3-7(6)10/h2-4,6,9H,1,5H2. The molecule has 0 amide bonds. The molecule has 0 aliphatic carbocycles.